The summed E-state index contributed by atoms with van der Waals surface area (Å²) in [4.78, 5) is 0. The molecule has 0 heterocycles. The molecule has 80 valence electrons. The van der Waals surface area contributed by atoms with Crippen molar-refractivity contribution in [3.8, 4) is 0 Å². The maximum atomic E-state index is 13.2. The second kappa shape index (κ2) is 5.51. The Kier molecular flexibility index (Phi) is 5.37. The summed E-state index contributed by atoms with van der Waals surface area (Å²) in [6.07, 6.45) is -0.825. The van der Waals surface area contributed by atoms with E-state index in [0.717, 1.165) is 0 Å². The van der Waals surface area contributed by atoms with Crippen molar-refractivity contribution in [1.29, 1.82) is 0 Å². The summed E-state index contributed by atoms with van der Waals surface area (Å²) >= 11 is 5.74. The Labute approximate surface area is 93.3 Å². The highest BCUT2D eigenvalue weighted by atomic mass is 35.5. The number of rotatable bonds is 2. The molecule has 0 saturated carbocycles. The molecule has 0 saturated heterocycles. The molecule has 14 heavy (non-hydrogen) atoms. The van der Waals surface area contributed by atoms with Crippen LogP contribution >= 0.6 is 24.0 Å². The molecule has 0 unspecified atom stereocenters. The number of halogens is 3. The molecule has 0 fully saturated rings. The zero-order valence-corrected chi connectivity index (χ0v) is 9.15. The van der Waals surface area contributed by atoms with Gasteiger partial charge in [0.1, 0.15) is 5.82 Å². The van der Waals surface area contributed by atoms with Crippen LogP contribution in [0.2, 0.25) is 5.02 Å². The predicted molar refractivity (Wildman–Crippen MR) is 57.3 cm³/mol. The van der Waals surface area contributed by atoms with Gasteiger partial charge in [0.25, 0.3) is 0 Å². The van der Waals surface area contributed by atoms with Crippen LogP contribution in [0, 0.1) is 5.82 Å². The first-order valence-electron chi connectivity index (χ1n) is 3.91. The summed E-state index contributed by atoms with van der Waals surface area (Å²) in [5, 5.41) is 9.42. The normalized spacial score (nSPS) is 14.4. The van der Waals surface area contributed by atoms with E-state index in [1.165, 1.54) is 19.1 Å². The third-order valence-corrected chi connectivity index (χ3v) is 2.18. The molecular formula is C9H12Cl2FNO. The Morgan fingerprint density at radius 1 is 1.50 bits per heavy atom. The number of aliphatic hydroxyl groups excluding tert-OH is 1. The van der Waals surface area contributed by atoms with Crippen LogP contribution in [-0.2, 0) is 0 Å². The fourth-order valence-corrected chi connectivity index (χ4v) is 1.36. The van der Waals surface area contributed by atoms with Crippen molar-refractivity contribution < 1.29 is 9.50 Å². The molecule has 5 heteroatoms. The minimum absolute atomic E-state index is 0. The van der Waals surface area contributed by atoms with Crippen LogP contribution in [0.25, 0.3) is 0 Å². The van der Waals surface area contributed by atoms with E-state index in [0.29, 0.717) is 0 Å². The molecule has 3 N–H and O–H groups in total. The van der Waals surface area contributed by atoms with Crippen molar-refractivity contribution in [2.75, 3.05) is 0 Å². The molecule has 2 atom stereocenters. The lowest BCUT2D eigenvalue weighted by Gasteiger charge is -2.16. The van der Waals surface area contributed by atoms with E-state index in [-0.39, 0.29) is 23.0 Å². The van der Waals surface area contributed by atoms with Crippen LogP contribution in [0.5, 0.6) is 0 Å². The molecule has 0 aliphatic heterocycles. The van der Waals surface area contributed by atoms with Gasteiger partial charge >= 0.3 is 0 Å². The Bertz CT molecular complexity index is 287. The summed E-state index contributed by atoms with van der Waals surface area (Å²) in [5.41, 5.74) is 5.73. The van der Waals surface area contributed by atoms with Gasteiger partial charge in [-0.25, -0.2) is 4.39 Å². The van der Waals surface area contributed by atoms with Crippen molar-refractivity contribution in [2.45, 2.75) is 19.1 Å². The minimum atomic E-state index is -0.825. The van der Waals surface area contributed by atoms with Crippen LogP contribution < -0.4 is 5.73 Å². The highest BCUT2D eigenvalue weighted by molar-refractivity contribution is 6.31. The lowest BCUT2D eigenvalue weighted by atomic mass is 10.0. The molecule has 1 aromatic carbocycles. The van der Waals surface area contributed by atoms with Crippen LogP contribution in [0.15, 0.2) is 18.2 Å². The first kappa shape index (κ1) is 13.7. The van der Waals surface area contributed by atoms with Gasteiger partial charge in [0.15, 0.2) is 0 Å². The van der Waals surface area contributed by atoms with E-state index >= 15 is 0 Å². The fourth-order valence-electron chi connectivity index (χ4n) is 1.07. The number of nitrogens with two attached hydrogens (primary N) is 1. The molecule has 0 spiro atoms. The van der Waals surface area contributed by atoms with E-state index in [1.807, 2.05) is 0 Å². The molecule has 1 aromatic rings. The van der Waals surface area contributed by atoms with E-state index in [1.54, 1.807) is 6.07 Å². The van der Waals surface area contributed by atoms with Gasteiger partial charge in [0, 0.05) is 10.6 Å². The van der Waals surface area contributed by atoms with Gasteiger partial charge in [-0.1, -0.05) is 17.7 Å². The summed E-state index contributed by atoms with van der Waals surface area (Å²) in [5.74, 6) is -0.485. The number of aliphatic hydroxyl groups is 1. The first-order valence-corrected chi connectivity index (χ1v) is 4.29. The maximum absolute atomic E-state index is 13.2. The average Bonchev–Trinajstić information content (AvgIpc) is 2.03. The molecule has 1 rings (SSSR count). The summed E-state index contributed by atoms with van der Waals surface area (Å²) < 4.78 is 13.2. The second-order valence-electron chi connectivity index (χ2n) is 2.90. The largest absolute Gasteiger partial charge is 0.391 e. The highest BCUT2D eigenvalue weighted by Crippen LogP contribution is 2.26. The highest BCUT2D eigenvalue weighted by Gasteiger charge is 2.18. The Hall–Kier alpha value is -0.350. The van der Waals surface area contributed by atoms with Crippen molar-refractivity contribution in [1.82, 2.24) is 0 Å². The third-order valence-electron chi connectivity index (χ3n) is 1.85. The lowest BCUT2D eigenvalue weighted by molar-refractivity contribution is 0.162. The number of hydrogen-bond acceptors (Lipinski definition) is 2. The van der Waals surface area contributed by atoms with Crippen LogP contribution in [-0.4, -0.2) is 11.2 Å². The third kappa shape index (κ3) is 2.82. The molecule has 0 aliphatic rings. The molecular weight excluding hydrogens is 228 g/mol. The Balaban J connectivity index is 0.00000169. The molecule has 0 amide bonds. The average molecular weight is 240 g/mol. The van der Waals surface area contributed by atoms with E-state index in [4.69, 9.17) is 17.3 Å². The van der Waals surface area contributed by atoms with Gasteiger partial charge in [-0.2, -0.15) is 0 Å². The first-order chi connectivity index (χ1) is 6.04. The molecule has 0 aromatic heterocycles. The van der Waals surface area contributed by atoms with E-state index in [9.17, 15) is 9.50 Å². The van der Waals surface area contributed by atoms with E-state index < -0.39 is 18.0 Å². The minimum Gasteiger partial charge on any atom is -0.391 e. The van der Waals surface area contributed by atoms with Gasteiger partial charge in [-0.3, -0.25) is 0 Å². The molecule has 0 aliphatic carbocycles. The van der Waals surface area contributed by atoms with Gasteiger partial charge in [-0.15, -0.1) is 12.4 Å². The van der Waals surface area contributed by atoms with Crippen LogP contribution in [0.1, 0.15) is 18.5 Å². The maximum Gasteiger partial charge on any atom is 0.129 e. The van der Waals surface area contributed by atoms with Crippen LogP contribution in [0.3, 0.4) is 0 Å². The van der Waals surface area contributed by atoms with Crippen molar-refractivity contribution in [3.63, 3.8) is 0 Å². The topological polar surface area (TPSA) is 46.2 Å². The van der Waals surface area contributed by atoms with Crippen molar-refractivity contribution in [3.05, 3.63) is 34.6 Å². The van der Waals surface area contributed by atoms with E-state index in [2.05, 4.69) is 0 Å². The van der Waals surface area contributed by atoms with Gasteiger partial charge < -0.3 is 10.8 Å². The molecule has 0 bridgehead atoms. The number of benzene rings is 1. The standard InChI is InChI=1S/C9H11ClFNO.ClH/c1-5(13)9(12)8-6(10)3-2-4-7(8)11;/h2-5,9,13H,12H2,1H3;1H/t5-,9-;/m0./s1. The quantitative estimate of drug-likeness (QED) is 0.832. The Morgan fingerprint density at radius 3 is 2.50 bits per heavy atom. The zero-order valence-electron chi connectivity index (χ0n) is 7.58. The predicted octanol–water partition coefficient (Wildman–Crippen LogP) is 2.28. The Morgan fingerprint density at radius 2 is 2.07 bits per heavy atom. The smallest absolute Gasteiger partial charge is 0.129 e. The van der Waals surface area contributed by atoms with Crippen LogP contribution in [0.4, 0.5) is 4.39 Å². The molecule has 0 radical (unpaired) electrons. The van der Waals surface area contributed by atoms with Gasteiger partial charge in [-0.05, 0) is 19.1 Å². The van der Waals surface area contributed by atoms with Crippen molar-refractivity contribution in [2.24, 2.45) is 5.73 Å². The summed E-state index contributed by atoms with van der Waals surface area (Å²) in [6, 6.07) is 3.52. The zero-order chi connectivity index (χ0) is 10.0. The number of hydrogen-bond donors (Lipinski definition) is 2. The van der Waals surface area contributed by atoms with Crippen molar-refractivity contribution >= 4 is 24.0 Å². The molecule has 2 nitrogen and oxygen atoms in total. The summed E-state index contributed by atoms with van der Waals surface area (Å²) in [7, 11) is 0. The monoisotopic (exact) mass is 239 g/mol. The van der Waals surface area contributed by atoms with Gasteiger partial charge in [0.05, 0.1) is 12.1 Å². The SMILES string of the molecule is C[C@H](O)[C@H](N)c1c(F)cccc1Cl.Cl. The lowest BCUT2D eigenvalue weighted by Crippen LogP contribution is -2.24. The van der Waals surface area contributed by atoms with Gasteiger partial charge in [0.2, 0.25) is 0 Å². The summed E-state index contributed by atoms with van der Waals surface area (Å²) in [6.45, 7) is 1.49. The fraction of sp³-hybridized carbons (Fsp3) is 0.333. The second-order valence-corrected chi connectivity index (χ2v) is 3.31.